The van der Waals surface area contributed by atoms with Crippen molar-refractivity contribution in [3.63, 3.8) is 0 Å². The Morgan fingerprint density at radius 3 is 2.71 bits per heavy atom. The van der Waals surface area contributed by atoms with E-state index in [1.54, 1.807) is 5.57 Å². The SMILES string of the molecule is CCCC1([SiH2]C2C=CC(C)=C2C)C=CC=CC1. The van der Waals surface area contributed by atoms with E-state index in [9.17, 15) is 0 Å². The molecule has 0 aromatic heterocycles. The normalized spacial score (nSPS) is 32.3. The summed E-state index contributed by atoms with van der Waals surface area (Å²) in [4.78, 5) is 0. The van der Waals surface area contributed by atoms with Crippen LogP contribution in [-0.2, 0) is 0 Å². The van der Waals surface area contributed by atoms with Gasteiger partial charge in [-0.3, -0.25) is 0 Å². The van der Waals surface area contributed by atoms with E-state index in [0.717, 1.165) is 5.54 Å². The zero-order valence-electron chi connectivity index (χ0n) is 11.4. The molecule has 2 aliphatic rings. The van der Waals surface area contributed by atoms with E-state index in [1.807, 2.05) is 0 Å². The van der Waals surface area contributed by atoms with Crippen LogP contribution in [0.4, 0.5) is 0 Å². The van der Waals surface area contributed by atoms with Gasteiger partial charge in [0.15, 0.2) is 0 Å². The molecule has 0 aromatic rings. The van der Waals surface area contributed by atoms with Crippen LogP contribution in [0, 0.1) is 0 Å². The summed E-state index contributed by atoms with van der Waals surface area (Å²) < 4.78 is 0. The number of hydrogen-bond donors (Lipinski definition) is 0. The summed E-state index contributed by atoms with van der Waals surface area (Å²) in [5.41, 5.74) is 3.94. The highest BCUT2D eigenvalue weighted by Crippen LogP contribution is 2.45. The molecule has 17 heavy (non-hydrogen) atoms. The molecule has 0 aromatic carbocycles. The second kappa shape index (κ2) is 5.22. The Labute approximate surface area is 108 Å². The quantitative estimate of drug-likeness (QED) is 0.646. The van der Waals surface area contributed by atoms with Gasteiger partial charge in [0.1, 0.15) is 0 Å². The third kappa shape index (κ3) is 2.71. The van der Waals surface area contributed by atoms with Gasteiger partial charge in [0.2, 0.25) is 0 Å². The van der Waals surface area contributed by atoms with Crippen molar-refractivity contribution < 1.29 is 0 Å². The van der Waals surface area contributed by atoms with Crippen LogP contribution >= 0.6 is 0 Å². The summed E-state index contributed by atoms with van der Waals surface area (Å²) in [5.74, 6) is 0. The Bertz CT molecular complexity index is 398. The first kappa shape index (κ1) is 12.6. The van der Waals surface area contributed by atoms with Crippen molar-refractivity contribution in [3.05, 3.63) is 47.6 Å². The summed E-state index contributed by atoms with van der Waals surface area (Å²) in [5, 5.41) is 0.546. The molecule has 2 aliphatic carbocycles. The second-order valence-corrected chi connectivity index (χ2v) is 8.34. The summed E-state index contributed by atoms with van der Waals surface area (Å²) in [6.07, 6.45) is 18.1. The molecule has 2 unspecified atom stereocenters. The molecule has 0 spiro atoms. The maximum atomic E-state index is 2.51. The average Bonchev–Trinajstić information content (AvgIpc) is 2.63. The van der Waals surface area contributed by atoms with Crippen molar-refractivity contribution >= 4 is 9.52 Å². The summed E-state index contributed by atoms with van der Waals surface area (Å²) in [7, 11) is -0.138. The van der Waals surface area contributed by atoms with Crippen LogP contribution in [0.15, 0.2) is 47.6 Å². The summed E-state index contributed by atoms with van der Waals surface area (Å²) >= 11 is 0. The molecule has 0 bridgehead atoms. The lowest BCUT2D eigenvalue weighted by Crippen LogP contribution is -2.22. The van der Waals surface area contributed by atoms with Gasteiger partial charge >= 0.3 is 0 Å². The van der Waals surface area contributed by atoms with Gasteiger partial charge in [-0.15, -0.1) is 0 Å². The Hall–Kier alpha value is -0.823. The zero-order valence-corrected chi connectivity index (χ0v) is 12.8. The van der Waals surface area contributed by atoms with Crippen LogP contribution in [0.25, 0.3) is 0 Å². The van der Waals surface area contributed by atoms with Gasteiger partial charge in [-0.05, 0) is 37.3 Å². The van der Waals surface area contributed by atoms with Crippen LogP contribution in [0.2, 0.25) is 10.6 Å². The van der Waals surface area contributed by atoms with Gasteiger partial charge in [-0.1, -0.05) is 60.9 Å². The fraction of sp³-hybridized carbons (Fsp3) is 0.500. The highest BCUT2D eigenvalue weighted by Gasteiger charge is 2.31. The van der Waals surface area contributed by atoms with E-state index in [0.29, 0.717) is 5.04 Å². The molecule has 2 atom stereocenters. The standard InChI is InChI=1S/C16H24Si/c1-4-10-16(11-6-5-7-12-16)17-15-9-8-13(2)14(15)3/h5-9,11,15H,4,10,12,17H2,1-3H3. The van der Waals surface area contributed by atoms with Crippen LogP contribution in [0.3, 0.4) is 0 Å². The number of rotatable bonds is 4. The van der Waals surface area contributed by atoms with Crippen molar-refractivity contribution in [3.8, 4) is 0 Å². The molecular weight excluding hydrogens is 220 g/mol. The zero-order chi connectivity index (χ0) is 12.3. The minimum atomic E-state index is -0.138. The molecule has 0 amide bonds. The summed E-state index contributed by atoms with van der Waals surface area (Å²) in [6.45, 7) is 6.90. The van der Waals surface area contributed by atoms with E-state index in [2.05, 4.69) is 57.2 Å². The second-order valence-electron chi connectivity index (χ2n) is 5.64. The van der Waals surface area contributed by atoms with Crippen molar-refractivity contribution in [2.45, 2.75) is 50.6 Å². The molecule has 92 valence electrons. The highest BCUT2D eigenvalue weighted by molar-refractivity contribution is 6.45. The van der Waals surface area contributed by atoms with Crippen LogP contribution in [-0.4, -0.2) is 9.52 Å². The lowest BCUT2D eigenvalue weighted by molar-refractivity contribution is 0.596. The van der Waals surface area contributed by atoms with Crippen LogP contribution in [0.1, 0.15) is 40.0 Å². The predicted octanol–water partition coefficient (Wildman–Crippen LogP) is 4.32. The smallest absolute Gasteiger partial charge is 0.0450 e. The molecule has 0 N–H and O–H groups in total. The lowest BCUT2D eigenvalue weighted by atomic mass is 9.94. The third-order valence-corrected chi connectivity index (χ3v) is 7.37. The lowest BCUT2D eigenvalue weighted by Gasteiger charge is -2.33. The number of hydrogen-bond acceptors (Lipinski definition) is 0. The molecule has 0 heterocycles. The fourth-order valence-corrected chi connectivity index (χ4v) is 6.07. The monoisotopic (exact) mass is 244 g/mol. The van der Waals surface area contributed by atoms with Gasteiger partial charge in [0.05, 0.1) is 0 Å². The molecule has 2 rings (SSSR count). The Kier molecular flexibility index (Phi) is 3.88. The minimum absolute atomic E-state index is 0.138. The van der Waals surface area contributed by atoms with Crippen LogP contribution in [0.5, 0.6) is 0 Å². The molecule has 0 saturated carbocycles. The van der Waals surface area contributed by atoms with Gasteiger partial charge < -0.3 is 0 Å². The first-order valence-electron chi connectivity index (χ1n) is 6.87. The van der Waals surface area contributed by atoms with Crippen molar-refractivity contribution in [1.82, 2.24) is 0 Å². The molecule has 0 aliphatic heterocycles. The molecular formula is C16H24Si. The van der Waals surface area contributed by atoms with Crippen molar-refractivity contribution in [2.75, 3.05) is 0 Å². The Morgan fingerprint density at radius 1 is 1.35 bits per heavy atom. The molecule has 0 nitrogen and oxygen atoms in total. The molecule has 0 saturated heterocycles. The highest BCUT2D eigenvalue weighted by atomic mass is 28.2. The van der Waals surface area contributed by atoms with E-state index in [-0.39, 0.29) is 9.52 Å². The molecule has 1 heteroatoms. The average molecular weight is 244 g/mol. The molecule has 0 radical (unpaired) electrons. The Morgan fingerprint density at radius 2 is 2.18 bits per heavy atom. The minimum Gasteiger partial charge on any atom is -0.0840 e. The van der Waals surface area contributed by atoms with E-state index in [4.69, 9.17) is 0 Å². The fourth-order valence-electron chi connectivity index (χ4n) is 3.13. The van der Waals surface area contributed by atoms with Gasteiger partial charge in [-0.25, -0.2) is 0 Å². The van der Waals surface area contributed by atoms with Crippen LogP contribution < -0.4 is 0 Å². The van der Waals surface area contributed by atoms with Gasteiger partial charge in [-0.2, -0.15) is 0 Å². The first-order valence-corrected chi connectivity index (χ1v) is 8.39. The third-order valence-electron chi connectivity index (χ3n) is 4.35. The topological polar surface area (TPSA) is 0 Å². The maximum absolute atomic E-state index is 2.51. The van der Waals surface area contributed by atoms with Crippen molar-refractivity contribution in [1.29, 1.82) is 0 Å². The largest absolute Gasteiger partial charge is 0.0840 e. The molecule has 0 fully saturated rings. The van der Waals surface area contributed by atoms with E-state index < -0.39 is 0 Å². The predicted molar refractivity (Wildman–Crippen MR) is 80.3 cm³/mol. The van der Waals surface area contributed by atoms with E-state index in [1.165, 1.54) is 24.8 Å². The van der Waals surface area contributed by atoms with E-state index >= 15 is 0 Å². The van der Waals surface area contributed by atoms with Gasteiger partial charge in [0, 0.05) is 9.52 Å². The maximum Gasteiger partial charge on any atom is 0.0450 e. The Balaban J connectivity index is 2.12. The first-order chi connectivity index (χ1) is 8.17. The van der Waals surface area contributed by atoms with Crippen molar-refractivity contribution in [2.24, 2.45) is 0 Å². The van der Waals surface area contributed by atoms with Gasteiger partial charge in [0.25, 0.3) is 0 Å². The number of allylic oxidation sites excluding steroid dienone is 8. The summed E-state index contributed by atoms with van der Waals surface area (Å²) in [6, 6.07) is 0.